The van der Waals surface area contributed by atoms with Crippen LogP contribution in [0.15, 0.2) is 67.3 Å². The van der Waals surface area contributed by atoms with Crippen molar-refractivity contribution in [3.63, 3.8) is 0 Å². The van der Waals surface area contributed by atoms with Crippen LogP contribution < -0.4 is 5.84 Å². The topological polar surface area (TPSA) is 94.3 Å². The van der Waals surface area contributed by atoms with E-state index < -0.39 is 6.04 Å². The lowest BCUT2D eigenvalue weighted by Crippen LogP contribution is -2.39. The lowest BCUT2D eigenvalue weighted by Gasteiger charge is -2.27. The van der Waals surface area contributed by atoms with Gasteiger partial charge in [-0.2, -0.15) is 10.2 Å². The van der Waals surface area contributed by atoms with E-state index in [0.29, 0.717) is 16.2 Å². The standard InChI is InChI=1S/C23H20ClN7O/c1-14(31(25)23(32)18-13-28-30-10-6-9-26-22(18)30)16-11-19(24)17-12-27-29(2)21(17)20(16)15-7-4-3-5-8-15/h3-14H,25H2,1-2H3. The molecule has 0 spiro atoms. The summed E-state index contributed by atoms with van der Waals surface area (Å²) in [5.41, 5.74) is 4.39. The Morgan fingerprint density at radius 1 is 1.16 bits per heavy atom. The Morgan fingerprint density at radius 2 is 1.94 bits per heavy atom. The molecule has 32 heavy (non-hydrogen) atoms. The van der Waals surface area contributed by atoms with Crippen LogP contribution >= 0.6 is 11.6 Å². The lowest BCUT2D eigenvalue weighted by molar-refractivity contribution is 0.0692. The minimum absolute atomic E-state index is 0.328. The van der Waals surface area contributed by atoms with Gasteiger partial charge in [-0.3, -0.25) is 14.5 Å². The number of halogens is 1. The molecule has 5 rings (SSSR count). The van der Waals surface area contributed by atoms with Crippen molar-refractivity contribution in [3.8, 4) is 11.1 Å². The molecule has 0 aliphatic carbocycles. The quantitative estimate of drug-likeness (QED) is 0.256. The van der Waals surface area contributed by atoms with Crippen molar-refractivity contribution in [2.75, 3.05) is 0 Å². The molecule has 2 aromatic carbocycles. The Balaban J connectivity index is 1.65. The molecule has 0 aliphatic heterocycles. The molecule has 0 radical (unpaired) electrons. The third-order valence-corrected chi connectivity index (χ3v) is 5.99. The molecule has 1 amide bonds. The average molecular weight is 446 g/mol. The number of hydrazine groups is 1. The second kappa shape index (κ2) is 7.74. The van der Waals surface area contributed by atoms with Crippen LogP contribution in [0.1, 0.15) is 28.9 Å². The molecule has 160 valence electrons. The summed E-state index contributed by atoms with van der Waals surface area (Å²) in [7, 11) is 1.87. The maximum Gasteiger partial charge on any atom is 0.273 e. The van der Waals surface area contributed by atoms with Crippen LogP contribution in [0.5, 0.6) is 0 Å². The maximum atomic E-state index is 13.3. The highest BCUT2D eigenvalue weighted by atomic mass is 35.5. The number of rotatable bonds is 4. The van der Waals surface area contributed by atoms with Gasteiger partial charge in [0.2, 0.25) is 0 Å². The molecule has 8 nitrogen and oxygen atoms in total. The fourth-order valence-corrected chi connectivity index (χ4v) is 4.27. The Labute approximate surface area is 188 Å². The van der Waals surface area contributed by atoms with Crippen molar-refractivity contribution < 1.29 is 4.79 Å². The zero-order valence-corrected chi connectivity index (χ0v) is 18.2. The van der Waals surface area contributed by atoms with E-state index in [1.54, 1.807) is 33.9 Å². The average Bonchev–Trinajstić information content (AvgIpc) is 3.42. The molecule has 5 aromatic rings. The Hall–Kier alpha value is -3.75. The first-order chi connectivity index (χ1) is 15.5. The number of aryl methyl sites for hydroxylation is 1. The molecule has 9 heteroatoms. The van der Waals surface area contributed by atoms with Gasteiger partial charge in [0.1, 0.15) is 5.56 Å². The second-order valence-electron chi connectivity index (χ2n) is 7.55. The summed E-state index contributed by atoms with van der Waals surface area (Å²) in [5.74, 6) is 6.00. The molecule has 0 fully saturated rings. The summed E-state index contributed by atoms with van der Waals surface area (Å²) in [5, 5.41) is 11.2. The van der Waals surface area contributed by atoms with Crippen LogP contribution in [0, 0.1) is 0 Å². The van der Waals surface area contributed by atoms with Crippen molar-refractivity contribution in [1.29, 1.82) is 0 Å². The first-order valence-corrected chi connectivity index (χ1v) is 10.4. The zero-order valence-electron chi connectivity index (χ0n) is 17.5. The fourth-order valence-electron chi connectivity index (χ4n) is 4.01. The number of hydrogen-bond donors (Lipinski definition) is 1. The van der Waals surface area contributed by atoms with Crippen LogP contribution in [0.2, 0.25) is 5.02 Å². The van der Waals surface area contributed by atoms with Crippen LogP contribution in [-0.2, 0) is 7.05 Å². The van der Waals surface area contributed by atoms with E-state index in [9.17, 15) is 4.79 Å². The molecule has 0 bridgehead atoms. The molecular formula is C23H20ClN7O. The van der Waals surface area contributed by atoms with Gasteiger partial charge in [0.15, 0.2) is 5.65 Å². The number of hydrogen-bond acceptors (Lipinski definition) is 5. The molecule has 1 atom stereocenters. The fraction of sp³-hybridized carbons (Fsp3) is 0.130. The van der Waals surface area contributed by atoms with E-state index in [4.69, 9.17) is 17.4 Å². The van der Waals surface area contributed by atoms with E-state index >= 15 is 0 Å². The molecule has 3 heterocycles. The van der Waals surface area contributed by atoms with Crippen molar-refractivity contribution in [2.24, 2.45) is 12.9 Å². The number of carbonyl (C=O) groups is 1. The number of amides is 1. The van der Waals surface area contributed by atoms with Crippen LogP contribution in [0.4, 0.5) is 0 Å². The zero-order chi connectivity index (χ0) is 22.4. The number of aromatic nitrogens is 5. The summed E-state index contributed by atoms with van der Waals surface area (Å²) < 4.78 is 3.33. The minimum Gasteiger partial charge on any atom is -0.269 e. The predicted molar refractivity (Wildman–Crippen MR) is 123 cm³/mol. The highest BCUT2D eigenvalue weighted by molar-refractivity contribution is 6.36. The van der Waals surface area contributed by atoms with Gasteiger partial charge in [0.25, 0.3) is 5.91 Å². The Kier molecular flexibility index (Phi) is 4.88. The number of nitrogens with two attached hydrogens (primary N) is 1. The van der Waals surface area contributed by atoms with E-state index in [2.05, 4.69) is 15.2 Å². The van der Waals surface area contributed by atoms with Crippen LogP contribution in [0.25, 0.3) is 27.7 Å². The maximum absolute atomic E-state index is 13.3. The van der Waals surface area contributed by atoms with Gasteiger partial charge in [-0.15, -0.1) is 0 Å². The lowest BCUT2D eigenvalue weighted by atomic mass is 9.92. The summed E-state index contributed by atoms with van der Waals surface area (Å²) >= 11 is 6.62. The van der Waals surface area contributed by atoms with Crippen molar-refractivity contribution in [2.45, 2.75) is 13.0 Å². The summed E-state index contributed by atoms with van der Waals surface area (Å²) in [6.07, 6.45) is 6.57. The molecule has 0 aliphatic rings. The SMILES string of the molecule is CC(c1cc(Cl)c2cnn(C)c2c1-c1ccccc1)N(N)C(=O)c1cnn2cccnc12. The molecule has 1 unspecified atom stereocenters. The Bertz CT molecular complexity index is 1460. The smallest absolute Gasteiger partial charge is 0.269 e. The first kappa shape index (κ1) is 20.2. The minimum atomic E-state index is -0.492. The van der Waals surface area contributed by atoms with Gasteiger partial charge in [-0.25, -0.2) is 15.3 Å². The van der Waals surface area contributed by atoms with Crippen molar-refractivity contribution in [1.82, 2.24) is 29.4 Å². The highest BCUT2D eigenvalue weighted by Crippen LogP contribution is 2.40. The van der Waals surface area contributed by atoms with E-state index in [1.165, 1.54) is 11.2 Å². The summed E-state index contributed by atoms with van der Waals surface area (Å²) in [6, 6.07) is 13.0. The number of nitrogens with zero attached hydrogens (tertiary/aromatic N) is 6. The predicted octanol–water partition coefficient (Wildman–Crippen LogP) is 4.01. The van der Waals surface area contributed by atoms with E-state index in [-0.39, 0.29) is 5.91 Å². The number of carbonyl (C=O) groups excluding carboxylic acids is 1. The van der Waals surface area contributed by atoms with Gasteiger partial charge in [0.05, 0.1) is 29.0 Å². The van der Waals surface area contributed by atoms with Crippen LogP contribution in [-0.4, -0.2) is 35.3 Å². The second-order valence-corrected chi connectivity index (χ2v) is 7.96. The molecule has 2 N–H and O–H groups in total. The molecule has 0 saturated heterocycles. The van der Waals surface area contributed by atoms with Gasteiger partial charge >= 0.3 is 0 Å². The normalized spacial score (nSPS) is 12.4. The summed E-state index contributed by atoms with van der Waals surface area (Å²) in [6.45, 7) is 1.87. The highest BCUT2D eigenvalue weighted by Gasteiger charge is 2.27. The molecule has 3 aromatic heterocycles. The molecule has 0 saturated carbocycles. The van der Waals surface area contributed by atoms with Gasteiger partial charge in [0, 0.05) is 30.4 Å². The van der Waals surface area contributed by atoms with E-state index in [1.807, 2.05) is 50.4 Å². The third-order valence-electron chi connectivity index (χ3n) is 5.68. The van der Waals surface area contributed by atoms with E-state index in [0.717, 1.165) is 27.6 Å². The largest absolute Gasteiger partial charge is 0.273 e. The van der Waals surface area contributed by atoms with Crippen molar-refractivity contribution in [3.05, 3.63) is 83.4 Å². The monoisotopic (exact) mass is 445 g/mol. The number of benzene rings is 2. The number of fused-ring (bicyclic) bond motifs is 2. The summed E-state index contributed by atoms with van der Waals surface area (Å²) in [4.78, 5) is 17.6. The van der Waals surface area contributed by atoms with Gasteiger partial charge < -0.3 is 0 Å². The van der Waals surface area contributed by atoms with Gasteiger partial charge in [-0.1, -0.05) is 41.9 Å². The Morgan fingerprint density at radius 3 is 2.72 bits per heavy atom. The first-order valence-electron chi connectivity index (χ1n) is 10.0. The van der Waals surface area contributed by atoms with Crippen LogP contribution in [0.3, 0.4) is 0 Å². The third kappa shape index (κ3) is 3.12. The van der Waals surface area contributed by atoms with Crippen molar-refractivity contribution >= 4 is 34.1 Å². The molecular weight excluding hydrogens is 426 g/mol. The van der Waals surface area contributed by atoms with Gasteiger partial charge in [-0.05, 0) is 30.2 Å².